The number of fused-ring (bicyclic) bond motifs is 1. The van der Waals surface area contributed by atoms with Crippen LogP contribution in [0.3, 0.4) is 0 Å². The van der Waals surface area contributed by atoms with E-state index in [0.29, 0.717) is 4.47 Å². The lowest BCUT2D eigenvalue weighted by Crippen LogP contribution is -2.14. The monoisotopic (exact) mass is 319 g/mol. The number of para-hydroxylation sites is 1. The van der Waals surface area contributed by atoms with Gasteiger partial charge in [-0.2, -0.15) is 13.2 Å². The highest BCUT2D eigenvalue weighted by Crippen LogP contribution is 2.38. The van der Waals surface area contributed by atoms with Gasteiger partial charge in [-0.3, -0.25) is 4.98 Å². The van der Waals surface area contributed by atoms with Gasteiger partial charge in [0.2, 0.25) is 0 Å². The zero-order valence-corrected chi connectivity index (χ0v) is 10.2. The summed E-state index contributed by atoms with van der Waals surface area (Å²) in [6.45, 7) is 0. The van der Waals surface area contributed by atoms with Gasteiger partial charge in [0, 0.05) is 16.1 Å². The van der Waals surface area contributed by atoms with Gasteiger partial charge in [-0.05, 0) is 22.0 Å². The Labute approximate surface area is 107 Å². The number of halogens is 4. The van der Waals surface area contributed by atoms with Crippen molar-refractivity contribution in [3.8, 4) is 0 Å². The normalized spacial score (nSPS) is 11.8. The molecular formula is C11H5BrF3NO2. The van der Waals surface area contributed by atoms with Crippen molar-refractivity contribution in [2.24, 2.45) is 0 Å². The highest BCUT2D eigenvalue weighted by molar-refractivity contribution is 9.10. The van der Waals surface area contributed by atoms with Crippen LogP contribution in [0.1, 0.15) is 15.9 Å². The minimum Gasteiger partial charge on any atom is -0.478 e. The molecule has 0 spiro atoms. The van der Waals surface area contributed by atoms with Crippen molar-refractivity contribution in [1.29, 1.82) is 0 Å². The van der Waals surface area contributed by atoms with Gasteiger partial charge in [0.25, 0.3) is 0 Å². The molecule has 0 radical (unpaired) electrons. The molecule has 0 aliphatic rings. The van der Waals surface area contributed by atoms with Gasteiger partial charge in [0.05, 0.1) is 16.6 Å². The van der Waals surface area contributed by atoms with E-state index in [-0.39, 0.29) is 10.9 Å². The van der Waals surface area contributed by atoms with Crippen molar-refractivity contribution in [3.05, 3.63) is 40.0 Å². The molecule has 1 N–H and O–H groups in total. The highest BCUT2D eigenvalue weighted by atomic mass is 79.9. The fourth-order valence-corrected chi connectivity index (χ4v) is 2.12. The molecule has 0 aliphatic carbocycles. The van der Waals surface area contributed by atoms with Crippen LogP contribution in [-0.4, -0.2) is 16.1 Å². The van der Waals surface area contributed by atoms with Crippen molar-refractivity contribution in [2.45, 2.75) is 6.18 Å². The summed E-state index contributed by atoms with van der Waals surface area (Å²) in [5.74, 6) is -1.66. The first kappa shape index (κ1) is 12.8. The molecule has 2 rings (SSSR count). The number of carboxylic acids is 1. The summed E-state index contributed by atoms with van der Waals surface area (Å²) in [5, 5.41) is 8.57. The lowest BCUT2D eigenvalue weighted by molar-refractivity contribution is -0.136. The molecule has 1 heterocycles. The molecule has 18 heavy (non-hydrogen) atoms. The summed E-state index contributed by atoms with van der Waals surface area (Å²) in [6.07, 6.45) is -4.03. The van der Waals surface area contributed by atoms with Gasteiger partial charge in [0.1, 0.15) is 0 Å². The quantitative estimate of drug-likeness (QED) is 0.871. The van der Waals surface area contributed by atoms with Crippen LogP contribution < -0.4 is 0 Å². The fourth-order valence-electron chi connectivity index (χ4n) is 1.65. The number of hydrogen-bond donors (Lipinski definition) is 1. The van der Waals surface area contributed by atoms with E-state index >= 15 is 0 Å². The Bertz CT molecular complexity index is 640. The molecule has 3 nitrogen and oxygen atoms in total. The number of nitrogens with zero attached hydrogens (tertiary/aromatic N) is 1. The number of rotatable bonds is 1. The minimum absolute atomic E-state index is 0.0785. The number of carbonyl (C=O) groups is 1. The maximum absolute atomic E-state index is 13.0. The van der Waals surface area contributed by atoms with E-state index in [1.165, 1.54) is 18.2 Å². The first-order valence-corrected chi connectivity index (χ1v) is 5.49. The third kappa shape index (κ3) is 2.05. The molecule has 1 aromatic carbocycles. The summed E-state index contributed by atoms with van der Waals surface area (Å²) < 4.78 is 39.3. The largest absolute Gasteiger partial charge is 0.478 e. The van der Waals surface area contributed by atoms with Crippen LogP contribution in [0.5, 0.6) is 0 Å². The third-order valence-electron chi connectivity index (χ3n) is 2.36. The topological polar surface area (TPSA) is 50.2 Å². The van der Waals surface area contributed by atoms with Gasteiger partial charge in [-0.1, -0.05) is 12.1 Å². The Morgan fingerprint density at radius 3 is 2.56 bits per heavy atom. The number of benzene rings is 1. The summed E-state index contributed by atoms with van der Waals surface area (Å²) in [7, 11) is 0. The lowest BCUT2D eigenvalue weighted by Gasteiger charge is -2.13. The van der Waals surface area contributed by atoms with Crippen LogP contribution in [-0.2, 0) is 6.18 Å². The maximum Gasteiger partial charge on any atom is 0.417 e. The average molecular weight is 320 g/mol. The standard InChI is InChI=1S/C11H5BrF3NO2/c12-7-3-1-2-5-8(11(13,14)15)6(10(17)18)4-16-9(5)7/h1-4H,(H,17,18). The van der Waals surface area contributed by atoms with Gasteiger partial charge in [-0.25, -0.2) is 4.79 Å². The molecule has 0 bridgehead atoms. The van der Waals surface area contributed by atoms with Gasteiger partial charge < -0.3 is 5.11 Å². The Morgan fingerprint density at radius 2 is 2.00 bits per heavy atom. The summed E-state index contributed by atoms with van der Waals surface area (Å²) in [6, 6.07) is 4.13. The van der Waals surface area contributed by atoms with Gasteiger partial charge in [-0.15, -0.1) is 0 Å². The second-order valence-electron chi connectivity index (χ2n) is 3.49. The Morgan fingerprint density at radius 1 is 1.33 bits per heavy atom. The average Bonchev–Trinajstić information content (AvgIpc) is 2.26. The molecule has 0 aliphatic heterocycles. The number of hydrogen-bond acceptors (Lipinski definition) is 2. The summed E-state index contributed by atoms with van der Waals surface area (Å²) in [5.41, 5.74) is -1.95. The Balaban J connectivity index is 2.95. The number of alkyl halides is 3. The van der Waals surface area contributed by atoms with Gasteiger partial charge in [0.15, 0.2) is 0 Å². The Hall–Kier alpha value is -1.63. The first-order chi connectivity index (χ1) is 8.32. The van der Waals surface area contributed by atoms with E-state index in [0.717, 1.165) is 6.20 Å². The maximum atomic E-state index is 13.0. The third-order valence-corrected chi connectivity index (χ3v) is 3.00. The van der Waals surface area contributed by atoms with Crippen molar-refractivity contribution < 1.29 is 23.1 Å². The van der Waals surface area contributed by atoms with E-state index in [1.54, 1.807) is 0 Å². The van der Waals surface area contributed by atoms with Crippen molar-refractivity contribution in [1.82, 2.24) is 4.98 Å². The summed E-state index contributed by atoms with van der Waals surface area (Å²) >= 11 is 3.08. The minimum atomic E-state index is -4.75. The Kier molecular flexibility index (Phi) is 3.02. The van der Waals surface area contributed by atoms with E-state index in [9.17, 15) is 18.0 Å². The van der Waals surface area contributed by atoms with Crippen LogP contribution in [0.15, 0.2) is 28.9 Å². The van der Waals surface area contributed by atoms with E-state index < -0.39 is 23.3 Å². The molecule has 0 atom stereocenters. The zero-order valence-electron chi connectivity index (χ0n) is 8.62. The second-order valence-corrected chi connectivity index (χ2v) is 4.34. The molecule has 0 amide bonds. The van der Waals surface area contributed by atoms with E-state index in [2.05, 4.69) is 20.9 Å². The molecular weight excluding hydrogens is 315 g/mol. The first-order valence-electron chi connectivity index (χ1n) is 4.70. The van der Waals surface area contributed by atoms with Crippen molar-refractivity contribution in [2.75, 3.05) is 0 Å². The number of aromatic carboxylic acids is 1. The lowest BCUT2D eigenvalue weighted by atomic mass is 10.0. The number of carboxylic acid groups (broad SMARTS) is 1. The summed E-state index contributed by atoms with van der Waals surface area (Å²) in [4.78, 5) is 14.6. The number of pyridine rings is 1. The molecule has 0 saturated heterocycles. The van der Waals surface area contributed by atoms with Crippen LogP contribution in [0.4, 0.5) is 13.2 Å². The van der Waals surface area contributed by atoms with Crippen LogP contribution >= 0.6 is 15.9 Å². The highest BCUT2D eigenvalue weighted by Gasteiger charge is 2.37. The SMILES string of the molecule is O=C(O)c1cnc2c(Br)cccc2c1C(F)(F)F. The predicted molar refractivity (Wildman–Crippen MR) is 61.4 cm³/mol. The van der Waals surface area contributed by atoms with E-state index in [4.69, 9.17) is 5.11 Å². The molecule has 7 heteroatoms. The van der Waals surface area contributed by atoms with E-state index in [1.807, 2.05) is 0 Å². The fraction of sp³-hybridized carbons (Fsp3) is 0.0909. The molecule has 2 aromatic rings. The molecule has 94 valence electrons. The smallest absolute Gasteiger partial charge is 0.417 e. The van der Waals surface area contributed by atoms with Crippen LogP contribution in [0.2, 0.25) is 0 Å². The molecule has 0 fully saturated rings. The van der Waals surface area contributed by atoms with Gasteiger partial charge >= 0.3 is 12.1 Å². The van der Waals surface area contributed by atoms with Crippen LogP contribution in [0.25, 0.3) is 10.9 Å². The van der Waals surface area contributed by atoms with Crippen molar-refractivity contribution >= 4 is 32.8 Å². The number of aromatic nitrogens is 1. The molecule has 0 unspecified atom stereocenters. The molecule has 1 aromatic heterocycles. The zero-order chi connectivity index (χ0) is 13.5. The van der Waals surface area contributed by atoms with Crippen LogP contribution in [0, 0.1) is 0 Å². The second kappa shape index (κ2) is 4.24. The van der Waals surface area contributed by atoms with Crippen molar-refractivity contribution in [3.63, 3.8) is 0 Å². The predicted octanol–water partition coefficient (Wildman–Crippen LogP) is 3.71. The molecule has 0 saturated carbocycles.